The third-order valence-electron chi connectivity index (χ3n) is 5.01. The van der Waals surface area contributed by atoms with E-state index in [0.717, 1.165) is 27.3 Å². The first-order valence-corrected chi connectivity index (χ1v) is 10.2. The van der Waals surface area contributed by atoms with Gasteiger partial charge in [-0.25, -0.2) is 14.6 Å². The highest BCUT2D eigenvalue weighted by Gasteiger charge is 2.29. The number of carboxylic acids is 1. The van der Waals surface area contributed by atoms with Gasteiger partial charge in [-0.15, -0.1) is 11.3 Å². The van der Waals surface area contributed by atoms with E-state index in [1.807, 2.05) is 43.3 Å². The van der Waals surface area contributed by atoms with E-state index in [2.05, 4.69) is 22.4 Å². The number of aromatic nitrogens is 1. The molecule has 0 fully saturated rings. The molecule has 29 heavy (non-hydrogen) atoms. The molecular weight excluding hydrogens is 388 g/mol. The maximum atomic E-state index is 12.3. The highest BCUT2D eigenvalue weighted by Crippen LogP contribution is 2.44. The first-order valence-electron chi connectivity index (χ1n) is 9.28. The van der Waals surface area contributed by atoms with Gasteiger partial charge in [-0.3, -0.25) is 0 Å². The van der Waals surface area contributed by atoms with Gasteiger partial charge in [0, 0.05) is 17.7 Å². The van der Waals surface area contributed by atoms with Crippen LogP contribution in [0.5, 0.6) is 0 Å². The predicted molar refractivity (Wildman–Crippen MR) is 110 cm³/mol. The average Bonchev–Trinajstić information content (AvgIpc) is 3.27. The summed E-state index contributed by atoms with van der Waals surface area (Å²) in [6.07, 6.45) is -0.629. The number of rotatable bonds is 6. The van der Waals surface area contributed by atoms with Gasteiger partial charge in [-0.05, 0) is 29.2 Å². The fraction of sp³-hybridized carbons (Fsp3) is 0.227. The second-order valence-corrected chi connectivity index (χ2v) is 7.98. The Morgan fingerprint density at radius 1 is 1.14 bits per heavy atom. The quantitative estimate of drug-likeness (QED) is 0.644. The molecule has 0 radical (unpaired) electrons. The summed E-state index contributed by atoms with van der Waals surface area (Å²) >= 11 is 1.44. The van der Waals surface area contributed by atoms with E-state index in [4.69, 9.17) is 4.74 Å². The van der Waals surface area contributed by atoms with Crippen LogP contribution in [-0.4, -0.2) is 34.8 Å². The molecule has 1 heterocycles. The highest BCUT2D eigenvalue weighted by molar-refractivity contribution is 7.09. The molecule has 0 spiro atoms. The molecule has 1 aliphatic rings. The Morgan fingerprint density at radius 2 is 1.76 bits per heavy atom. The molecule has 2 N–H and O–H groups in total. The summed E-state index contributed by atoms with van der Waals surface area (Å²) in [5.41, 5.74) is 5.13. The van der Waals surface area contributed by atoms with E-state index < -0.39 is 18.1 Å². The zero-order chi connectivity index (χ0) is 20.4. The molecule has 0 unspecified atom stereocenters. The number of ether oxygens (including phenoxy) is 1. The molecule has 4 rings (SSSR count). The maximum Gasteiger partial charge on any atom is 0.407 e. The second-order valence-electron chi connectivity index (χ2n) is 6.92. The number of nitrogens with zero attached hydrogens (tertiary/aromatic N) is 1. The van der Waals surface area contributed by atoms with Crippen molar-refractivity contribution in [2.75, 3.05) is 6.61 Å². The molecule has 148 valence electrons. The molecule has 1 atom stereocenters. The monoisotopic (exact) mass is 408 g/mol. The molecule has 1 amide bonds. The molecule has 6 nitrogen and oxygen atoms in total. The van der Waals surface area contributed by atoms with Gasteiger partial charge in [0.05, 0.1) is 10.7 Å². The molecule has 0 saturated carbocycles. The van der Waals surface area contributed by atoms with Gasteiger partial charge in [0.1, 0.15) is 12.6 Å². The number of amides is 1. The smallest absolute Gasteiger partial charge is 0.407 e. The number of hydrogen-bond donors (Lipinski definition) is 2. The summed E-state index contributed by atoms with van der Waals surface area (Å²) in [5, 5.41) is 14.5. The summed E-state index contributed by atoms with van der Waals surface area (Å²) in [4.78, 5) is 28.1. The zero-order valence-electron chi connectivity index (χ0n) is 15.8. The number of alkyl carbamates (subject to hydrolysis) is 1. The number of carbonyl (C=O) groups is 2. The van der Waals surface area contributed by atoms with Gasteiger partial charge >= 0.3 is 12.1 Å². The number of thiazole rings is 1. The number of fused-ring (bicyclic) bond motifs is 3. The lowest BCUT2D eigenvalue weighted by Gasteiger charge is -2.17. The Morgan fingerprint density at radius 3 is 2.31 bits per heavy atom. The summed E-state index contributed by atoms with van der Waals surface area (Å²) in [7, 11) is 0. The van der Waals surface area contributed by atoms with Crippen LogP contribution in [0.25, 0.3) is 11.1 Å². The fourth-order valence-electron chi connectivity index (χ4n) is 3.69. The summed E-state index contributed by atoms with van der Waals surface area (Å²) in [6.45, 7) is 1.99. The van der Waals surface area contributed by atoms with Crippen molar-refractivity contribution in [3.05, 3.63) is 75.7 Å². The van der Waals surface area contributed by atoms with Crippen LogP contribution in [0.2, 0.25) is 0 Å². The van der Waals surface area contributed by atoms with Crippen molar-refractivity contribution in [2.24, 2.45) is 0 Å². The molecule has 1 aliphatic carbocycles. The van der Waals surface area contributed by atoms with Gasteiger partial charge in [-0.1, -0.05) is 48.5 Å². The molecule has 1 aromatic heterocycles. The highest BCUT2D eigenvalue weighted by atomic mass is 32.1. The SMILES string of the molecule is Cc1nc(C[C@H](NC(=O)OCC2c3ccccc3-c3ccccc32)C(=O)O)cs1. The van der Waals surface area contributed by atoms with Gasteiger partial charge in [0.15, 0.2) is 0 Å². The van der Waals surface area contributed by atoms with E-state index in [9.17, 15) is 14.7 Å². The lowest BCUT2D eigenvalue weighted by Crippen LogP contribution is -2.43. The molecular formula is C22H20N2O4S. The molecule has 0 aliphatic heterocycles. The molecule has 0 bridgehead atoms. The van der Waals surface area contributed by atoms with Crippen LogP contribution in [0.1, 0.15) is 27.7 Å². The van der Waals surface area contributed by atoms with Crippen LogP contribution in [0.3, 0.4) is 0 Å². The summed E-state index contributed by atoms with van der Waals surface area (Å²) in [6, 6.07) is 15.0. The molecule has 7 heteroatoms. The van der Waals surface area contributed by atoms with Gasteiger partial charge in [0.2, 0.25) is 0 Å². The minimum atomic E-state index is -1.12. The maximum absolute atomic E-state index is 12.3. The van der Waals surface area contributed by atoms with Gasteiger partial charge in [0.25, 0.3) is 0 Å². The van der Waals surface area contributed by atoms with Crippen molar-refractivity contribution in [2.45, 2.75) is 25.3 Å². The zero-order valence-corrected chi connectivity index (χ0v) is 16.6. The third-order valence-corrected chi connectivity index (χ3v) is 5.84. The lowest BCUT2D eigenvalue weighted by molar-refractivity contribution is -0.139. The lowest BCUT2D eigenvalue weighted by atomic mass is 9.98. The van der Waals surface area contributed by atoms with Crippen molar-refractivity contribution in [1.29, 1.82) is 0 Å². The van der Waals surface area contributed by atoms with Crippen LogP contribution in [0.15, 0.2) is 53.9 Å². The number of carboxylic acid groups (broad SMARTS) is 1. The minimum absolute atomic E-state index is 0.0716. The normalized spacial score (nSPS) is 13.4. The van der Waals surface area contributed by atoms with Crippen molar-refractivity contribution in [3.8, 4) is 11.1 Å². The van der Waals surface area contributed by atoms with Crippen molar-refractivity contribution in [3.63, 3.8) is 0 Å². The Balaban J connectivity index is 1.43. The largest absolute Gasteiger partial charge is 0.480 e. The Hall–Kier alpha value is -3.19. The van der Waals surface area contributed by atoms with Gasteiger partial charge in [-0.2, -0.15) is 0 Å². The summed E-state index contributed by atoms with van der Waals surface area (Å²) < 4.78 is 5.43. The summed E-state index contributed by atoms with van der Waals surface area (Å²) in [5.74, 6) is -1.19. The molecule has 0 saturated heterocycles. The van der Waals surface area contributed by atoms with E-state index in [0.29, 0.717) is 5.69 Å². The van der Waals surface area contributed by atoms with Crippen molar-refractivity contribution >= 4 is 23.4 Å². The van der Waals surface area contributed by atoms with E-state index >= 15 is 0 Å². The first-order chi connectivity index (χ1) is 14.0. The van der Waals surface area contributed by atoms with E-state index in [-0.39, 0.29) is 18.9 Å². The second kappa shape index (κ2) is 8.05. The van der Waals surface area contributed by atoms with Gasteiger partial charge < -0.3 is 15.2 Å². The van der Waals surface area contributed by atoms with Crippen LogP contribution < -0.4 is 5.32 Å². The Bertz CT molecular complexity index is 1020. The Labute approximate surface area is 172 Å². The third kappa shape index (κ3) is 4.00. The van der Waals surface area contributed by atoms with Crippen LogP contribution in [0.4, 0.5) is 4.79 Å². The number of benzene rings is 2. The first kappa shape index (κ1) is 19.1. The average molecular weight is 408 g/mol. The van der Waals surface area contributed by atoms with Crippen molar-refractivity contribution < 1.29 is 19.4 Å². The standard InChI is InChI=1S/C22H20N2O4S/c1-13-23-14(12-29-13)10-20(21(25)26)24-22(27)28-11-19-17-8-4-2-6-15(17)16-7-3-5-9-18(16)19/h2-9,12,19-20H,10-11H2,1H3,(H,24,27)(H,25,26)/t20-/m0/s1. The topological polar surface area (TPSA) is 88.5 Å². The van der Waals surface area contributed by atoms with Crippen LogP contribution >= 0.6 is 11.3 Å². The minimum Gasteiger partial charge on any atom is -0.480 e. The molecule has 3 aromatic rings. The van der Waals surface area contributed by atoms with E-state index in [1.165, 1.54) is 11.3 Å². The van der Waals surface area contributed by atoms with Crippen LogP contribution in [-0.2, 0) is 16.0 Å². The van der Waals surface area contributed by atoms with Crippen molar-refractivity contribution in [1.82, 2.24) is 10.3 Å². The number of nitrogens with one attached hydrogen (secondary N) is 1. The predicted octanol–water partition coefficient (Wildman–Crippen LogP) is 3.99. The van der Waals surface area contributed by atoms with E-state index in [1.54, 1.807) is 5.38 Å². The Kier molecular flexibility index (Phi) is 5.31. The number of carbonyl (C=O) groups excluding carboxylic acids is 1. The number of aryl methyl sites for hydroxylation is 1. The number of aliphatic carboxylic acids is 1. The number of hydrogen-bond acceptors (Lipinski definition) is 5. The van der Waals surface area contributed by atoms with Crippen LogP contribution in [0, 0.1) is 6.92 Å². The fourth-order valence-corrected chi connectivity index (χ4v) is 4.32. The molecule has 2 aromatic carbocycles.